The van der Waals surface area contributed by atoms with Crippen molar-refractivity contribution in [2.75, 3.05) is 31.2 Å². The lowest BCUT2D eigenvalue weighted by Crippen LogP contribution is -2.36. The molecule has 0 unspecified atom stereocenters. The highest BCUT2D eigenvalue weighted by molar-refractivity contribution is 5.83. The molecule has 1 N–H and O–H groups in total. The number of rotatable bonds is 3. The van der Waals surface area contributed by atoms with Crippen LogP contribution in [0.3, 0.4) is 0 Å². The third kappa shape index (κ3) is 3.41. The Morgan fingerprint density at radius 3 is 2.61 bits per heavy atom. The summed E-state index contributed by atoms with van der Waals surface area (Å²) in [6, 6.07) is 11.2. The van der Waals surface area contributed by atoms with Crippen molar-refractivity contribution in [2.45, 2.75) is 0 Å². The molecule has 1 fully saturated rings. The predicted molar refractivity (Wildman–Crippen MR) is 101 cm³/mol. The van der Waals surface area contributed by atoms with Crippen molar-refractivity contribution in [1.82, 2.24) is 4.57 Å². The number of benzene rings is 2. The maximum atomic E-state index is 13.9. The van der Waals surface area contributed by atoms with Gasteiger partial charge in [-0.1, -0.05) is 6.07 Å². The molecule has 1 aliphatic rings. The Balaban J connectivity index is 1.90. The lowest BCUT2D eigenvalue weighted by molar-refractivity contribution is 0.122. The number of morpholine rings is 1. The number of halogens is 1. The van der Waals surface area contributed by atoms with Crippen LogP contribution in [0.4, 0.5) is 14.9 Å². The minimum atomic E-state index is -1.59. The van der Waals surface area contributed by atoms with Crippen LogP contribution in [0.2, 0.25) is 0 Å². The van der Waals surface area contributed by atoms with E-state index in [2.05, 4.69) is 9.64 Å². The van der Waals surface area contributed by atoms with Crippen LogP contribution in [-0.2, 0) is 4.74 Å². The molecule has 8 heteroatoms. The van der Waals surface area contributed by atoms with E-state index < -0.39 is 17.4 Å². The summed E-state index contributed by atoms with van der Waals surface area (Å²) in [5.41, 5.74) is 1.31. The zero-order chi connectivity index (χ0) is 19.7. The van der Waals surface area contributed by atoms with E-state index in [1.807, 2.05) is 18.2 Å². The normalized spacial score (nSPS) is 14.2. The molecule has 0 bridgehead atoms. The molecule has 0 saturated carbocycles. The third-order valence-electron chi connectivity index (χ3n) is 4.62. The summed E-state index contributed by atoms with van der Waals surface area (Å²) in [5, 5.41) is 9.10. The second kappa shape index (κ2) is 7.32. The van der Waals surface area contributed by atoms with Crippen LogP contribution >= 0.6 is 0 Å². The van der Waals surface area contributed by atoms with Gasteiger partial charge in [0.05, 0.1) is 30.3 Å². The van der Waals surface area contributed by atoms with Gasteiger partial charge in [-0.05, 0) is 36.4 Å². The fourth-order valence-corrected chi connectivity index (χ4v) is 3.32. The Hall–Kier alpha value is -3.39. The van der Waals surface area contributed by atoms with Crippen LogP contribution in [0.15, 0.2) is 53.5 Å². The lowest BCUT2D eigenvalue weighted by atomic mass is 10.1. The summed E-state index contributed by atoms with van der Waals surface area (Å²) < 4.78 is 25.5. The molecule has 0 spiro atoms. The van der Waals surface area contributed by atoms with Gasteiger partial charge in [0, 0.05) is 24.5 Å². The molecule has 1 saturated heterocycles. The summed E-state index contributed by atoms with van der Waals surface area (Å²) in [6.07, 6.45) is -0.316. The van der Waals surface area contributed by atoms with E-state index in [1.54, 1.807) is 10.6 Å². The van der Waals surface area contributed by atoms with E-state index in [0.717, 1.165) is 24.8 Å². The first-order valence-electron chi connectivity index (χ1n) is 8.72. The minimum Gasteiger partial charge on any atom is -0.449 e. The van der Waals surface area contributed by atoms with Gasteiger partial charge in [0.1, 0.15) is 5.82 Å². The highest BCUT2D eigenvalue weighted by Gasteiger charge is 2.16. The summed E-state index contributed by atoms with van der Waals surface area (Å²) in [7, 11) is 0. The van der Waals surface area contributed by atoms with Crippen LogP contribution in [-0.4, -0.2) is 42.1 Å². The Bertz CT molecular complexity index is 1110. The standard InChI is InChI=1S/C20H17FN2O5/c21-13-4-5-16-17(10-13)23(12-18(19(16)24)28-20(25)26)15-3-1-2-14(11-15)22-6-8-27-9-7-22/h1-5,10-12H,6-9H2,(H,25,26). The zero-order valence-corrected chi connectivity index (χ0v) is 14.8. The van der Waals surface area contributed by atoms with Gasteiger partial charge >= 0.3 is 6.16 Å². The first kappa shape index (κ1) is 18.0. The van der Waals surface area contributed by atoms with Gasteiger partial charge < -0.3 is 24.0 Å². The van der Waals surface area contributed by atoms with Gasteiger partial charge in [0.2, 0.25) is 5.43 Å². The molecule has 28 heavy (non-hydrogen) atoms. The molecule has 2 aromatic carbocycles. The highest BCUT2D eigenvalue weighted by atomic mass is 19.1. The van der Waals surface area contributed by atoms with Crippen molar-refractivity contribution in [1.29, 1.82) is 0 Å². The van der Waals surface area contributed by atoms with Crippen LogP contribution in [0.5, 0.6) is 5.75 Å². The van der Waals surface area contributed by atoms with Gasteiger partial charge in [0.25, 0.3) is 0 Å². The number of ether oxygens (including phenoxy) is 2. The van der Waals surface area contributed by atoms with Gasteiger partial charge in [-0.15, -0.1) is 0 Å². The molecule has 0 radical (unpaired) electrons. The van der Waals surface area contributed by atoms with Crippen molar-refractivity contribution in [3.63, 3.8) is 0 Å². The second-order valence-corrected chi connectivity index (χ2v) is 6.34. The largest absolute Gasteiger partial charge is 0.511 e. The monoisotopic (exact) mass is 384 g/mol. The number of carbonyl (C=O) groups is 1. The Kier molecular flexibility index (Phi) is 4.70. The number of fused-ring (bicyclic) bond motifs is 1. The molecule has 0 atom stereocenters. The quantitative estimate of drug-likeness (QED) is 0.699. The van der Waals surface area contributed by atoms with E-state index >= 15 is 0 Å². The molecule has 2 heterocycles. The van der Waals surface area contributed by atoms with E-state index in [0.29, 0.717) is 24.4 Å². The Morgan fingerprint density at radius 1 is 1.11 bits per heavy atom. The average Bonchev–Trinajstić information content (AvgIpc) is 2.70. The van der Waals surface area contributed by atoms with Crippen molar-refractivity contribution >= 4 is 22.7 Å². The summed E-state index contributed by atoms with van der Waals surface area (Å²) >= 11 is 0. The van der Waals surface area contributed by atoms with E-state index in [4.69, 9.17) is 9.84 Å². The Morgan fingerprint density at radius 2 is 1.86 bits per heavy atom. The number of aromatic nitrogens is 1. The number of nitrogens with zero attached hydrogens (tertiary/aromatic N) is 2. The molecule has 144 valence electrons. The lowest BCUT2D eigenvalue weighted by Gasteiger charge is -2.29. The minimum absolute atomic E-state index is 0.164. The van der Waals surface area contributed by atoms with Crippen LogP contribution < -0.4 is 15.1 Å². The van der Waals surface area contributed by atoms with Crippen molar-refractivity contribution in [3.8, 4) is 11.4 Å². The summed E-state index contributed by atoms with van der Waals surface area (Å²) in [6.45, 7) is 2.76. The molecule has 0 amide bonds. The van der Waals surface area contributed by atoms with E-state index in [9.17, 15) is 14.0 Å². The summed E-state index contributed by atoms with van der Waals surface area (Å²) in [5.74, 6) is -0.847. The maximum Gasteiger partial charge on any atom is 0.511 e. The first-order chi connectivity index (χ1) is 13.5. The predicted octanol–water partition coefficient (Wildman–Crippen LogP) is 3.02. The van der Waals surface area contributed by atoms with E-state index in [1.165, 1.54) is 18.3 Å². The number of carboxylic acid groups (broad SMARTS) is 1. The maximum absolute atomic E-state index is 13.9. The number of pyridine rings is 1. The molecule has 0 aliphatic carbocycles. The molecule has 1 aromatic heterocycles. The molecule has 3 aromatic rings. The average molecular weight is 384 g/mol. The van der Waals surface area contributed by atoms with Crippen molar-refractivity contribution in [2.24, 2.45) is 0 Å². The fourth-order valence-electron chi connectivity index (χ4n) is 3.32. The van der Waals surface area contributed by atoms with Crippen molar-refractivity contribution in [3.05, 3.63) is 64.7 Å². The van der Waals surface area contributed by atoms with Gasteiger partial charge in [-0.2, -0.15) is 0 Å². The number of hydrogen-bond acceptors (Lipinski definition) is 5. The number of anilines is 1. The van der Waals surface area contributed by atoms with E-state index in [-0.39, 0.29) is 11.1 Å². The first-order valence-corrected chi connectivity index (χ1v) is 8.72. The topological polar surface area (TPSA) is 81.0 Å². The second-order valence-electron chi connectivity index (χ2n) is 6.34. The SMILES string of the molecule is O=C(O)Oc1cn(-c2cccc(N3CCOCC3)c2)c2cc(F)ccc2c1=O. The van der Waals surface area contributed by atoms with Gasteiger partial charge in [0.15, 0.2) is 5.75 Å². The van der Waals surface area contributed by atoms with Crippen molar-refractivity contribution < 1.29 is 23.8 Å². The molecular weight excluding hydrogens is 367 g/mol. The highest BCUT2D eigenvalue weighted by Crippen LogP contribution is 2.25. The summed E-state index contributed by atoms with van der Waals surface area (Å²) in [4.78, 5) is 25.7. The van der Waals surface area contributed by atoms with Gasteiger partial charge in [-0.25, -0.2) is 9.18 Å². The smallest absolute Gasteiger partial charge is 0.449 e. The molecule has 7 nitrogen and oxygen atoms in total. The zero-order valence-electron chi connectivity index (χ0n) is 14.8. The van der Waals surface area contributed by atoms with Gasteiger partial charge in [-0.3, -0.25) is 4.79 Å². The molecule has 4 rings (SSSR count). The fraction of sp³-hybridized carbons (Fsp3) is 0.200. The van der Waals surface area contributed by atoms with Crippen LogP contribution in [0, 0.1) is 5.82 Å². The third-order valence-corrected chi connectivity index (χ3v) is 4.62. The Labute approximate surface area is 159 Å². The number of hydrogen-bond donors (Lipinski definition) is 1. The van der Waals surface area contributed by atoms with Crippen LogP contribution in [0.1, 0.15) is 0 Å². The molecule has 1 aliphatic heterocycles. The molecular formula is C20H17FN2O5. The van der Waals surface area contributed by atoms with Crippen LogP contribution in [0.25, 0.3) is 16.6 Å².